The summed E-state index contributed by atoms with van der Waals surface area (Å²) in [5.74, 6) is 0.303. The van der Waals surface area contributed by atoms with E-state index in [-0.39, 0.29) is 5.41 Å². The molecule has 0 radical (unpaired) electrons. The highest BCUT2D eigenvalue weighted by Crippen LogP contribution is 2.39. The van der Waals surface area contributed by atoms with E-state index < -0.39 is 0 Å². The Morgan fingerprint density at radius 3 is 2.57 bits per heavy atom. The number of hydrogen-bond donors (Lipinski definition) is 1. The van der Waals surface area contributed by atoms with Gasteiger partial charge in [0.2, 0.25) is 5.91 Å². The number of aromatic nitrogens is 2. The number of hydrogen-bond acceptors (Lipinski definition) is 3. The monoisotopic (exact) mass is 382 g/mol. The molecule has 6 heteroatoms. The van der Waals surface area contributed by atoms with Gasteiger partial charge in [-0.3, -0.25) is 9.48 Å². The van der Waals surface area contributed by atoms with Gasteiger partial charge in [-0.15, -0.1) is 0 Å². The van der Waals surface area contributed by atoms with Crippen LogP contribution in [0, 0.1) is 5.41 Å². The molecule has 5 nitrogen and oxygen atoms in total. The molecule has 2 aliphatic rings. The van der Waals surface area contributed by atoms with Crippen LogP contribution in [0.15, 0.2) is 16.9 Å². The smallest absolute Gasteiger partial charge is 0.223 e. The molecule has 2 N–H and O–H groups in total. The Bertz CT molecular complexity index is 530. The lowest BCUT2D eigenvalue weighted by atomic mass is 9.71. The third-order valence-corrected chi connectivity index (χ3v) is 6.04. The molecule has 128 valence electrons. The van der Waals surface area contributed by atoms with Gasteiger partial charge >= 0.3 is 0 Å². The van der Waals surface area contributed by atoms with Crippen LogP contribution in [0.5, 0.6) is 0 Å². The van der Waals surface area contributed by atoms with Crippen molar-refractivity contribution in [2.45, 2.75) is 57.4 Å². The molecule has 0 bridgehead atoms. The Morgan fingerprint density at radius 1 is 1.30 bits per heavy atom. The fourth-order valence-electron chi connectivity index (χ4n) is 4.08. The molecule has 1 amide bonds. The molecule has 0 aromatic carbocycles. The average Bonchev–Trinajstić information content (AvgIpc) is 3.02. The second kappa shape index (κ2) is 7.34. The van der Waals surface area contributed by atoms with Gasteiger partial charge in [-0.2, -0.15) is 5.10 Å². The van der Waals surface area contributed by atoms with Gasteiger partial charge in [-0.05, 0) is 53.6 Å². The minimum absolute atomic E-state index is 0.0685. The van der Waals surface area contributed by atoms with Crippen molar-refractivity contribution in [3.8, 4) is 0 Å². The lowest BCUT2D eigenvalue weighted by Gasteiger charge is -2.39. The quantitative estimate of drug-likeness (QED) is 0.869. The van der Waals surface area contributed by atoms with Gasteiger partial charge in [-0.25, -0.2) is 0 Å². The van der Waals surface area contributed by atoms with Crippen molar-refractivity contribution >= 4 is 21.8 Å². The Hall–Kier alpha value is -0.880. The van der Waals surface area contributed by atoms with Crippen molar-refractivity contribution in [2.24, 2.45) is 11.1 Å². The summed E-state index contributed by atoms with van der Waals surface area (Å²) in [6, 6.07) is 0.406. The van der Waals surface area contributed by atoms with Crippen molar-refractivity contribution in [1.29, 1.82) is 0 Å². The zero-order valence-corrected chi connectivity index (χ0v) is 15.3. The molecule has 1 saturated heterocycles. The van der Waals surface area contributed by atoms with E-state index >= 15 is 0 Å². The van der Waals surface area contributed by atoms with Crippen molar-refractivity contribution in [1.82, 2.24) is 14.7 Å². The van der Waals surface area contributed by atoms with Gasteiger partial charge in [0.05, 0.1) is 16.7 Å². The molecule has 0 atom stereocenters. The van der Waals surface area contributed by atoms with Gasteiger partial charge in [0, 0.05) is 25.7 Å². The third-order valence-electron chi connectivity index (χ3n) is 5.63. The first-order valence-electron chi connectivity index (χ1n) is 8.79. The lowest BCUT2D eigenvalue weighted by molar-refractivity contribution is -0.135. The molecule has 0 spiro atoms. The topological polar surface area (TPSA) is 64.2 Å². The molecule has 0 unspecified atom stereocenters. The molecular weight excluding hydrogens is 356 g/mol. The first-order chi connectivity index (χ1) is 11.1. The SMILES string of the molecule is NCC1(CC(=O)N2CCC(n3cc(Br)cn3)CC2)CCCCC1. The van der Waals surface area contributed by atoms with Crippen LogP contribution in [0.3, 0.4) is 0 Å². The van der Waals surface area contributed by atoms with Crippen LogP contribution in [-0.2, 0) is 4.79 Å². The molecule has 23 heavy (non-hydrogen) atoms. The molecule has 1 aromatic heterocycles. The molecular formula is C17H27BrN4O. The Kier molecular flexibility index (Phi) is 5.42. The van der Waals surface area contributed by atoms with Crippen LogP contribution in [0.2, 0.25) is 0 Å². The second-order valence-electron chi connectivity index (χ2n) is 7.19. The molecule has 1 aliphatic carbocycles. The van der Waals surface area contributed by atoms with E-state index in [1.165, 1.54) is 19.3 Å². The van der Waals surface area contributed by atoms with E-state index in [0.717, 1.165) is 43.2 Å². The van der Waals surface area contributed by atoms with E-state index in [1.807, 2.05) is 22.0 Å². The van der Waals surface area contributed by atoms with E-state index in [1.54, 1.807) is 0 Å². The zero-order valence-electron chi connectivity index (χ0n) is 13.7. The summed E-state index contributed by atoms with van der Waals surface area (Å²) in [7, 11) is 0. The molecule has 2 fully saturated rings. The number of rotatable bonds is 4. The normalized spacial score (nSPS) is 22.3. The minimum atomic E-state index is 0.0685. The summed E-state index contributed by atoms with van der Waals surface area (Å²) in [4.78, 5) is 14.8. The Labute approximate surface area is 146 Å². The Morgan fingerprint density at radius 2 is 2.00 bits per heavy atom. The van der Waals surface area contributed by atoms with Gasteiger partial charge in [0.25, 0.3) is 0 Å². The molecule has 2 heterocycles. The summed E-state index contributed by atoms with van der Waals surface area (Å²) < 4.78 is 3.03. The predicted molar refractivity (Wildman–Crippen MR) is 94.0 cm³/mol. The maximum atomic E-state index is 12.7. The molecule has 3 rings (SSSR count). The van der Waals surface area contributed by atoms with Gasteiger partial charge < -0.3 is 10.6 Å². The molecule has 1 aromatic rings. The van der Waals surface area contributed by atoms with Crippen molar-refractivity contribution in [2.75, 3.05) is 19.6 Å². The summed E-state index contributed by atoms with van der Waals surface area (Å²) in [6.45, 7) is 2.32. The Balaban J connectivity index is 1.53. The fraction of sp³-hybridized carbons (Fsp3) is 0.765. The first-order valence-corrected chi connectivity index (χ1v) is 9.59. The predicted octanol–water partition coefficient (Wildman–Crippen LogP) is 3.11. The van der Waals surface area contributed by atoms with Crippen LogP contribution < -0.4 is 5.73 Å². The number of nitrogens with zero attached hydrogens (tertiary/aromatic N) is 3. The van der Waals surface area contributed by atoms with E-state index in [0.29, 0.717) is 24.9 Å². The van der Waals surface area contributed by atoms with E-state index in [4.69, 9.17) is 5.73 Å². The highest BCUT2D eigenvalue weighted by molar-refractivity contribution is 9.10. The van der Waals surface area contributed by atoms with Crippen molar-refractivity contribution in [3.63, 3.8) is 0 Å². The maximum absolute atomic E-state index is 12.7. The standard InChI is InChI=1S/C17H27BrN4O/c18-14-11-20-22(12-14)15-4-8-21(9-5-15)16(23)10-17(13-19)6-2-1-3-7-17/h11-12,15H,1-10,13,19H2. The van der Waals surface area contributed by atoms with Gasteiger partial charge in [0.15, 0.2) is 0 Å². The maximum Gasteiger partial charge on any atom is 0.223 e. The third kappa shape index (κ3) is 3.97. The number of halogens is 1. The first kappa shape index (κ1) is 17.0. The van der Waals surface area contributed by atoms with Gasteiger partial charge in [-0.1, -0.05) is 19.3 Å². The van der Waals surface area contributed by atoms with Gasteiger partial charge in [0.1, 0.15) is 0 Å². The number of nitrogens with two attached hydrogens (primary N) is 1. The van der Waals surface area contributed by atoms with Crippen LogP contribution in [0.4, 0.5) is 0 Å². The van der Waals surface area contributed by atoms with Crippen molar-refractivity contribution < 1.29 is 4.79 Å². The zero-order chi connectivity index (χ0) is 16.3. The largest absolute Gasteiger partial charge is 0.343 e. The number of amides is 1. The number of likely N-dealkylation sites (tertiary alicyclic amines) is 1. The van der Waals surface area contributed by atoms with Crippen LogP contribution in [0.1, 0.15) is 57.4 Å². The van der Waals surface area contributed by atoms with Crippen molar-refractivity contribution in [3.05, 3.63) is 16.9 Å². The summed E-state index contributed by atoms with van der Waals surface area (Å²) in [5, 5.41) is 4.38. The van der Waals surface area contributed by atoms with E-state index in [2.05, 4.69) is 21.0 Å². The number of carbonyl (C=O) groups is 1. The lowest BCUT2D eigenvalue weighted by Crippen LogP contribution is -2.43. The average molecular weight is 383 g/mol. The number of piperidine rings is 1. The van der Waals surface area contributed by atoms with Crippen LogP contribution >= 0.6 is 15.9 Å². The second-order valence-corrected chi connectivity index (χ2v) is 8.11. The van der Waals surface area contributed by atoms with Crippen LogP contribution in [0.25, 0.3) is 0 Å². The van der Waals surface area contributed by atoms with E-state index in [9.17, 15) is 4.79 Å². The molecule has 1 aliphatic heterocycles. The minimum Gasteiger partial charge on any atom is -0.343 e. The highest BCUT2D eigenvalue weighted by Gasteiger charge is 2.35. The summed E-state index contributed by atoms with van der Waals surface area (Å²) in [5.41, 5.74) is 6.10. The highest BCUT2D eigenvalue weighted by atomic mass is 79.9. The fourth-order valence-corrected chi connectivity index (χ4v) is 4.38. The molecule has 1 saturated carbocycles. The summed E-state index contributed by atoms with van der Waals surface area (Å²) >= 11 is 3.44. The number of carbonyl (C=O) groups excluding carboxylic acids is 1. The van der Waals surface area contributed by atoms with Crippen LogP contribution in [-0.4, -0.2) is 40.2 Å². The summed E-state index contributed by atoms with van der Waals surface area (Å²) in [6.07, 6.45) is 12.4.